The van der Waals surface area contributed by atoms with Crippen molar-refractivity contribution in [3.05, 3.63) is 51.4 Å². The molecule has 130 valence electrons. The fourth-order valence-corrected chi connectivity index (χ4v) is 4.68. The molecule has 1 aliphatic rings. The number of hydrogen-bond acceptors (Lipinski definition) is 3. The van der Waals surface area contributed by atoms with Crippen LogP contribution in [0.1, 0.15) is 59.1 Å². The van der Waals surface area contributed by atoms with Crippen LogP contribution < -0.4 is 5.32 Å². The molecule has 1 N–H and O–H groups in total. The zero-order valence-corrected chi connectivity index (χ0v) is 16.1. The minimum Gasteiger partial charge on any atom is -0.312 e. The SMILES string of the molecule is Cc1ccc(C(=O)Nc2sc3c(c2C#N)CCC(C(C)(C)C)C3)cc1. The lowest BCUT2D eigenvalue weighted by Crippen LogP contribution is -2.26. The third-order valence-electron chi connectivity index (χ3n) is 5.14. The molecule has 0 spiro atoms. The van der Waals surface area contributed by atoms with E-state index in [-0.39, 0.29) is 11.3 Å². The van der Waals surface area contributed by atoms with E-state index in [0.29, 0.717) is 22.0 Å². The number of thiophene rings is 1. The highest BCUT2D eigenvalue weighted by Gasteiger charge is 2.32. The molecule has 1 unspecified atom stereocenters. The molecule has 0 aliphatic heterocycles. The van der Waals surface area contributed by atoms with Crippen LogP contribution in [0.25, 0.3) is 0 Å². The smallest absolute Gasteiger partial charge is 0.256 e. The van der Waals surface area contributed by atoms with Gasteiger partial charge in [-0.25, -0.2) is 0 Å². The highest BCUT2D eigenvalue weighted by atomic mass is 32.1. The maximum atomic E-state index is 12.5. The predicted octanol–water partition coefficient (Wildman–Crippen LogP) is 5.33. The summed E-state index contributed by atoms with van der Waals surface area (Å²) in [6.07, 6.45) is 3.03. The van der Waals surface area contributed by atoms with Crippen LogP contribution in [-0.2, 0) is 12.8 Å². The standard InChI is InChI=1S/C21H24N2OS/c1-13-5-7-14(8-6-13)19(24)23-20-17(12-22)16-10-9-15(21(2,3)4)11-18(16)25-20/h5-8,15H,9-11H2,1-4H3,(H,23,24). The predicted molar refractivity (Wildman–Crippen MR) is 103 cm³/mol. The molecule has 1 heterocycles. The second kappa shape index (κ2) is 6.65. The maximum Gasteiger partial charge on any atom is 0.256 e. The summed E-state index contributed by atoms with van der Waals surface area (Å²) in [6.45, 7) is 8.83. The Morgan fingerprint density at radius 2 is 1.96 bits per heavy atom. The minimum atomic E-state index is -0.150. The lowest BCUT2D eigenvalue weighted by Gasteiger charge is -2.33. The van der Waals surface area contributed by atoms with Gasteiger partial charge < -0.3 is 5.32 Å². The molecule has 0 bridgehead atoms. The number of benzene rings is 1. The number of carbonyl (C=O) groups excluding carboxylic acids is 1. The Kier molecular flexibility index (Phi) is 4.71. The van der Waals surface area contributed by atoms with Gasteiger partial charge in [0.25, 0.3) is 5.91 Å². The number of hydrogen-bond donors (Lipinski definition) is 1. The minimum absolute atomic E-state index is 0.150. The van der Waals surface area contributed by atoms with Gasteiger partial charge in [-0.05, 0) is 55.2 Å². The molecule has 25 heavy (non-hydrogen) atoms. The van der Waals surface area contributed by atoms with E-state index < -0.39 is 0 Å². The van der Waals surface area contributed by atoms with E-state index in [1.807, 2.05) is 31.2 Å². The summed E-state index contributed by atoms with van der Waals surface area (Å²) in [7, 11) is 0. The van der Waals surface area contributed by atoms with Gasteiger partial charge in [-0.2, -0.15) is 5.26 Å². The summed E-state index contributed by atoms with van der Waals surface area (Å²) in [4.78, 5) is 13.8. The Morgan fingerprint density at radius 1 is 1.28 bits per heavy atom. The van der Waals surface area contributed by atoms with E-state index in [9.17, 15) is 10.1 Å². The number of anilines is 1. The fourth-order valence-electron chi connectivity index (χ4n) is 3.41. The number of nitriles is 1. The molecular formula is C21H24N2OS. The van der Waals surface area contributed by atoms with Crippen molar-refractivity contribution in [3.8, 4) is 6.07 Å². The number of nitrogens with zero attached hydrogens (tertiary/aromatic N) is 1. The molecule has 0 fully saturated rings. The van der Waals surface area contributed by atoms with Gasteiger partial charge in [0.05, 0.1) is 5.56 Å². The molecule has 0 saturated heterocycles. The van der Waals surface area contributed by atoms with Crippen molar-refractivity contribution >= 4 is 22.2 Å². The zero-order chi connectivity index (χ0) is 18.2. The van der Waals surface area contributed by atoms with Crippen molar-refractivity contribution in [2.75, 3.05) is 5.32 Å². The van der Waals surface area contributed by atoms with E-state index in [1.54, 1.807) is 11.3 Å². The van der Waals surface area contributed by atoms with Crippen LogP contribution in [0.2, 0.25) is 0 Å². The number of carbonyl (C=O) groups is 1. The van der Waals surface area contributed by atoms with E-state index >= 15 is 0 Å². The Balaban J connectivity index is 1.86. The summed E-state index contributed by atoms with van der Waals surface area (Å²) in [6, 6.07) is 9.81. The molecule has 1 atom stereocenters. The van der Waals surface area contributed by atoms with Crippen molar-refractivity contribution in [3.63, 3.8) is 0 Å². The van der Waals surface area contributed by atoms with Crippen molar-refractivity contribution < 1.29 is 4.79 Å². The van der Waals surface area contributed by atoms with E-state index in [4.69, 9.17) is 0 Å². The van der Waals surface area contributed by atoms with Crippen LogP contribution >= 0.6 is 11.3 Å². The number of aryl methyl sites for hydroxylation is 1. The molecule has 3 nitrogen and oxygen atoms in total. The van der Waals surface area contributed by atoms with Crippen LogP contribution in [-0.4, -0.2) is 5.91 Å². The lowest BCUT2D eigenvalue weighted by molar-refractivity contribution is 0.102. The topological polar surface area (TPSA) is 52.9 Å². The van der Waals surface area contributed by atoms with Crippen LogP contribution in [0.3, 0.4) is 0 Å². The van der Waals surface area contributed by atoms with Crippen LogP contribution in [0.15, 0.2) is 24.3 Å². The normalized spacial score (nSPS) is 16.8. The molecule has 0 saturated carbocycles. The van der Waals surface area contributed by atoms with Gasteiger partial charge in [0.15, 0.2) is 0 Å². The van der Waals surface area contributed by atoms with Gasteiger partial charge >= 0.3 is 0 Å². The molecule has 1 aromatic heterocycles. The molecule has 1 aliphatic carbocycles. The molecule has 1 amide bonds. The van der Waals surface area contributed by atoms with Gasteiger partial charge in [0.2, 0.25) is 0 Å². The lowest BCUT2D eigenvalue weighted by atomic mass is 9.72. The summed E-state index contributed by atoms with van der Waals surface area (Å²) in [5.41, 5.74) is 3.81. The maximum absolute atomic E-state index is 12.5. The van der Waals surface area contributed by atoms with E-state index in [0.717, 1.165) is 30.4 Å². The summed E-state index contributed by atoms with van der Waals surface area (Å²) < 4.78 is 0. The van der Waals surface area contributed by atoms with Crippen LogP contribution in [0, 0.1) is 29.6 Å². The monoisotopic (exact) mass is 352 g/mol. The highest BCUT2D eigenvalue weighted by Crippen LogP contribution is 2.44. The Labute approximate surface area is 153 Å². The molecular weight excluding hydrogens is 328 g/mol. The zero-order valence-electron chi connectivity index (χ0n) is 15.3. The second-order valence-electron chi connectivity index (χ2n) is 7.95. The van der Waals surface area contributed by atoms with Gasteiger partial charge in [0, 0.05) is 10.4 Å². The first kappa shape index (κ1) is 17.7. The average Bonchev–Trinajstić information content (AvgIpc) is 2.90. The highest BCUT2D eigenvalue weighted by molar-refractivity contribution is 7.16. The van der Waals surface area contributed by atoms with Crippen molar-refractivity contribution in [1.82, 2.24) is 0 Å². The number of amides is 1. The summed E-state index contributed by atoms with van der Waals surface area (Å²) >= 11 is 1.58. The number of rotatable bonds is 2. The van der Waals surface area contributed by atoms with Crippen molar-refractivity contribution in [2.24, 2.45) is 11.3 Å². The first-order valence-electron chi connectivity index (χ1n) is 8.72. The van der Waals surface area contributed by atoms with Crippen LogP contribution in [0.5, 0.6) is 0 Å². The third kappa shape index (κ3) is 3.62. The molecule has 2 aromatic rings. The Morgan fingerprint density at radius 3 is 2.56 bits per heavy atom. The van der Waals surface area contributed by atoms with Gasteiger partial charge in [-0.15, -0.1) is 11.3 Å². The molecule has 4 heteroatoms. The summed E-state index contributed by atoms with van der Waals surface area (Å²) in [5, 5.41) is 13.3. The Bertz CT molecular complexity index is 835. The first-order chi connectivity index (χ1) is 11.8. The quantitative estimate of drug-likeness (QED) is 0.794. The third-order valence-corrected chi connectivity index (χ3v) is 6.31. The van der Waals surface area contributed by atoms with Crippen LogP contribution in [0.4, 0.5) is 5.00 Å². The molecule has 3 rings (SSSR count). The van der Waals surface area contributed by atoms with Gasteiger partial charge in [0.1, 0.15) is 11.1 Å². The first-order valence-corrected chi connectivity index (χ1v) is 9.54. The van der Waals surface area contributed by atoms with Gasteiger partial charge in [-0.1, -0.05) is 38.5 Å². The average molecular weight is 353 g/mol. The largest absolute Gasteiger partial charge is 0.312 e. The molecule has 0 radical (unpaired) electrons. The van der Waals surface area contributed by atoms with Crippen molar-refractivity contribution in [2.45, 2.75) is 47.0 Å². The number of nitrogens with one attached hydrogen (secondary N) is 1. The van der Waals surface area contributed by atoms with Crippen molar-refractivity contribution in [1.29, 1.82) is 5.26 Å². The Hall–Kier alpha value is -2.12. The number of fused-ring (bicyclic) bond motifs is 1. The van der Waals surface area contributed by atoms with Gasteiger partial charge in [-0.3, -0.25) is 4.79 Å². The second-order valence-corrected chi connectivity index (χ2v) is 9.05. The van der Waals surface area contributed by atoms with E-state index in [2.05, 4.69) is 32.2 Å². The summed E-state index contributed by atoms with van der Waals surface area (Å²) in [5.74, 6) is 0.466. The fraction of sp³-hybridized carbons (Fsp3) is 0.429. The molecule has 1 aromatic carbocycles. The van der Waals surface area contributed by atoms with E-state index in [1.165, 1.54) is 4.88 Å².